The van der Waals surface area contributed by atoms with Crippen LogP contribution in [-0.2, 0) is 4.74 Å². The third-order valence-electron chi connectivity index (χ3n) is 5.48. The lowest BCUT2D eigenvalue weighted by atomic mass is 10.1. The van der Waals surface area contributed by atoms with Gasteiger partial charge in [0.1, 0.15) is 0 Å². The molecule has 0 saturated carbocycles. The zero-order valence-corrected chi connectivity index (χ0v) is 16.0. The molecule has 2 fully saturated rings. The second-order valence-electron chi connectivity index (χ2n) is 7.26. The van der Waals surface area contributed by atoms with Gasteiger partial charge in [-0.1, -0.05) is 30.3 Å². The fourth-order valence-corrected chi connectivity index (χ4v) is 3.95. The van der Waals surface area contributed by atoms with Crippen LogP contribution in [0.5, 0.6) is 0 Å². The summed E-state index contributed by atoms with van der Waals surface area (Å²) in [6.45, 7) is 3.97. The molecule has 27 heavy (non-hydrogen) atoms. The van der Waals surface area contributed by atoms with Crippen LogP contribution < -0.4 is 10.6 Å². The number of piperidine rings is 1. The molecule has 3 amide bonds. The number of urea groups is 1. The molecule has 2 N–H and O–H groups in total. The highest BCUT2D eigenvalue weighted by atomic mass is 16.5. The molecule has 3 rings (SSSR count). The molecule has 1 aromatic carbocycles. The molecule has 2 heterocycles. The quantitative estimate of drug-likeness (QED) is 0.830. The van der Waals surface area contributed by atoms with Crippen molar-refractivity contribution in [1.82, 2.24) is 20.4 Å². The molecular weight excluding hydrogens is 344 g/mol. The number of nitrogens with zero attached hydrogens (tertiary/aromatic N) is 2. The Kier molecular flexibility index (Phi) is 6.92. The van der Waals surface area contributed by atoms with Gasteiger partial charge in [-0.05, 0) is 44.3 Å². The van der Waals surface area contributed by atoms with Gasteiger partial charge in [-0.2, -0.15) is 0 Å². The van der Waals surface area contributed by atoms with Crippen molar-refractivity contribution in [2.45, 2.75) is 37.8 Å². The van der Waals surface area contributed by atoms with Gasteiger partial charge in [0.15, 0.2) is 0 Å². The Morgan fingerprint density at radius 2 is 1.78 bits per heavy atom. The van der Waals surface area contributed by atoms with E-state index < -0.39 is 0 Å². The van der Waals surface area contributed by atoms with Crippen LogP contribution >= 0.6 is 0 Å². The molecule has 148 valence electrons. The number of hydrogen-bond donors (Lipinski definition) is 2. The summed E-state index contributed by atoms with van der Waals surface area (Å²) in [6.07, 6.45) is 3.63. The SMILES string of the molecule is COC(=O)N1CCC(NC(=O)NCC(c2ccccc2)N2CCCC2)CC1. The van der Waals surface area contributed by atoms with Gasteiger partial charge < -0.3 is 20.3 Å². The van der Waals surface area contributed by atoms with Gasteiger partial charge in [-0.15, -0.1) is 0 Å². The molecule has 1 aromatic rings. The highest BCUT2D eigenvalue weighted by Crippen LogP contribution is 2.24. The predicted molar refractivity (Wildman–Crippen MR) is 104 cm³/mol. The van der Waals surface area contributed by atoms with Gasteiger partial charge >= 0.3 is 12.1 Å². The van der Waals surface area contributed by atoms with Crippen molar-refractivity contribution in [2.75, 3.05) is 39.8 Å². The first-order chi connectivity index (χ1) is 13.2. The van der Waals surface area contributed by atoms with Crippen molar-refractivity contribution in [1.29, 1.82) is 0 Å². The Hall–Kier alpha value is -2.28. The number of nitrogens with one attached hydrogen (secondary N) is 2. The summed E-state index contributed by atoms with van der Waals surface area (Å²) in [5.74, 6) is 0. The zero-order valence-electron chi connectivity index (χ0n) is 16.0. The number of likely N-dealkylation sites (tertiary alicyclic amines) is 2. The predicted octanol–water partition coefficient (Wildman–Crippen LogP) is 2.35. The zero-order chi connectivity index (χ0) is 19.1. The molecule has 0 aliphatic carbocycles. The van der Waals surface area contributed by atoms with Gasteiger partial charge in [0, 0.05) is 25.7 Å². The van der Waals surface area contributed by atoms with E-state index in [0.717, 1.165) is 25.9 Å². The van der Waals surface area contributed by atoms with Crippen LogP contribution in [0.1, 0.15) is 37.3 Å². The first-order valence-electron chi connectivity index (χ1n) is 9.83. The smallest absolute Gasteiger partial charge is 0.409 e. The van der Waals surface area contributed by atoms with Crippen molar-refractivity contribution in [3.8, 4) is 0 Å². The first-order valence-corrected chi connectivity index (χ1v) is 9.83. The van der Waals surface area contributed by atoms with E-state index in [1.54, 1.807) is 4.90 Å². The van der Waals surface area contributed by atoms with Gasteiger partial charge in [-0.3, -0.25) is 4.90 Å². The lowest BCUT2D eigenvalue weighted by Gasteiger charge is -2.32. The minimum atomic E-state index is -0.297. The summed E-state index contributed by atoms with van der Waals surface area (Å²) >= 11 is 0. The number of rotatable bonds is 5. The summed E-state index contributed by atoms with van der Waals surface area (Å²) in [6, 6.07) is 10.5. The molecule has 0 radical (unpaired) electrons. The van der Waals surface area contributed by atoms with E-state index in [-0.39, 0.29) is 24.2 Å². The number of carbonyl (C=O) groups excluding carboxylic acids is 2. The van der Waals surface area contributed by atoms with Gasteiger partial charge in [0.2, 0.25) is 0 Å². The van der Waals surface area contributed by atoms with Crippen LogP contribution in [0.4, 0.5) is 9.59 Å². The van der Waals surface area contributed by atoms with Gasteiger partial charge in [0.05, 0.1) is 13.2 Å². The largest absolute Gasteiger partial charge is 0.453 e. The normalized spacial score (nSPS) is 19.5. The van der Waals surface area contributed by atoms with E-state index in [4.69, 9.17) is 4.74 Å². The number of methoxy groups -OCH3 is 1. The van der Waals surface area contributed by atoms with Crippen LogP contribution in [0, 0.1) is 0 Å². The average molecular weight is 374 g/mol. The Morgan fingerprint density at radius 3 is 2.41 bits per heavy atom. The molecule has 7 nitrogen and oxygen atoms in total. The Labute approximate surface area is 161 Å². The maximum Gasteiger partial charge on any atom is 0.409 e. The van der Waals surface area contributed by atoms with Crippen molar-refractivity contribution >= 4 is 12.1 Å². The standard InChI is InChI=1S/C20H30N4O3/c1-27-20(26)24-13-9-17(10-14-24)22-19(25)21-15-18(23-11-5-6-12-23)16-7-3-2-4-8-16/h2-4,7-8,17-18H,5-6,9-15H2,1H3,(H2,21,22,25). The molecule has 1 atom stereocenters. The second-order valence-corrected chi connectivity index (χ2v) is 7.26. The molecule has 7 heteroatoms. The maximum absolute atomic E-state index is 12.4. The molecule has 0 aromatic heterocycles. The Bertz CT molecular complexity index is 611. The maximum atomic E-state index is 12.4. The minimum Gasteiger partial charge on any atom is -0.453 e. The molecule has 2 aliphatic rings. The second kappa shape index (κ2) is 9.60. The average Bonchev–Trinajstić information content (AvgIpc) is 3.23. The highest BCUT2D eigenvalue weighted by molar-refractivity contribution is 5.74. The van der Waals surface area contributed by atoms with E-state index in [1.807, 2.05) is 18.2 Å². The molecule has 0 spiro atoms. The topological polar surface area (TPSA) is 73.9 Å². The first kappa shape index (κ1) is 19.5. The highest BCUT2D eigenvalue weighted by Gasteiger charge is 2.26. The monoisotopic (exact) mass is 374 g/mol. The number of ether oxygens (including phenoxy) is 1. The van der Waals surface area contributed by atoms with E-state index in [0.29, 0.717) is 19.6 Å². The molecule has 1 unspecified atom stereocenters. The lowest BCUT2D eigenvalue weighted by Crippen LogP contribution is -2.50. The van der Waals surface area contributed by atoms with Crippen molar-refractivity contribution in [2.24, 2.45) is 0 Å². The third-order valence-corrected chi connectivity index (χ3v) is 5.48. The number of amides is 3. The third kappa shape index (κ3) is 5.35. The van der Waals surface area contributed by atoms with E-state index in [2.05, 4.69) is 27.7 Å². The number of hydrogen-bond acceptors (Lipinski definition) is 4. The molecule has 2 saturated heterocycles. The fourth-order valence-electron chi connectivity index (χ4n) is 3.95. The summed E-state index contributed by atoms with van der Waals surface area (Å²) in [7, 11) is 1.39. The number of carbonyl (C=O) groups is 2. The van der Waals surface area contributed by atoms with Crippen LogP contribution in [0.15, 0.2) is 30.3 Å². The van der Waals surface area contributed by atoms with Crippen LogP contribution in [0.2, 0.25) is 0 Å². The minimum absolute atomic E-state index is 0.0906. The van der Waals surface area contributed by atoms with E-state index in [1.165, 1.54) is 25.5 Å². The summed E-state index contributed by atoms with van der Waals surface area (Å²) in [5, 5.41) is 6.10. The Morgan fingerprint density at radius 1 is 1.11 bits per heavy atom. The summed E-state index contributed by atoms with van der Waals surface area (Å²) < 4.78 is 4.74. The molecule has 0 bridgehead atoms. The molecule has 2 aliphatic heterocycles. The van der Waals surface area contributed by atoms with Gasteiger partial charge in [-0.25, -0.2) is 9.59 Å². The summed E-state index contributed by atoms with van der Waals surface area (Å²) in [5.41, 5.74) is 1.24. The van der Waals surface area contributed by atoms with Crippen LogP contribution in [0.25, 0.3) is 0 Å². The lowest BCUT2D eigenvalue weighted by molar-refractivity contribution is 0.110. The van der Waals surface area contributed by atoms with Gasteiger partial charge in [0.25, 0.3) is 0 Å². The van der Waals surface area contributed by atoms with Crippen molar-refractivity contribution in [3.05, 3.63) is 35.9 Å². The van der Waals surface area contributed by atoms with Crippen LogP contribution in [0.3, 0.4) is 0 Å². The Balaban J connectivity index is 1.47. The molecular formula is C20H30N4O3. The van der Waals surface area contributed by atoms with Crippen LogP contribution in [-0.4, -0.2) is 67.8 Å². The van der Waals surface area contributed by atoms with E-state index in [9.17, 15) is 9.59 Å². The van der Waals surface area contributed by atoms with Crippen molar-refractivity contribution in [3.63, 3.8) is 0 Å². The van der Waals surface area contributed by atoms with Crippen molar-refractivity contribution < 1.29 is 14.3 Å². The fraction of sp³-hybridized carbons (Fsp3) is 0.600. The number of benzene rings is 1. The van der Waals surface area contributed by atoms with E-state index >= 15 is 0 Å². The summed E-state index contributed by atoms with van der Waals surface area (Å²) in [4.78, 5) is 28.0.